The first-order valence-corrected chi connectivity index (χ1v) is 13.8. The molecule has 1 aliphatic carbocycles. The molecule has 0 unspecified atom stereocenters. The number of hydrogen-bond acceptors (Lipinski definition) is 12. The number of aryl methyl sites for hydroxylation is 1. The van der Waals surface area contributed by atoms with Crippen molar-refractivity contribution in [1.82, 2.24) is 19.9 Å². The van der Waals surface area contributed by atoms with E-state index in [4.69, 9.17) is 9.72 Å². The van der Waals surface area contributed by atoms with Gasteiger partial charge in [0.25, 0.3) is 0 Å². The first-order chi connectivity index (χ1) is 20.0. The number of nitrogens with one attached hydrogen (secondary N) is 2. The maximum Gasteiger partial charge on any atom is 0.573 e. The van der Waals surface area contributed by atoms with E-state index in [1.165, 1.54) is 30.6 Å². The summed E-state index contributed by atoms with van der Waals surface area (Å²) in [7, 11) is 1.34. The van der Waals surface area contributed by atoms with Gasteiger partial charge in [0.2, 0.25) is 5.95 Å². The van der Waals surface area contributed by atoms with Crippen LogP contribution in [0.1, 0.15) is 30.6 Å². The van der Waals surface area contributed by atoms with Crippen LogP contribution in [0.3, 0.4) is 0 Å². The number of methoxy groups -OCH3 is 1. The molecule has 15 heteroatoms. The summed E-state index contributed by atoms with van der Waals surface area (Å²) in [6.45, 7) is 3.27. The predicted octanol–water partition coefficient (Wildman–Crippen LogP) is 4.05. The summed E-state index contributed by atoms with van der Waals surface area (Å²) < 4.78 is 48.3. The largest absolute Gasteiger partial charge is 0.573 e. The average molecular weight is 607 g/mol. The Morgan fingerprint density at radius 2 is 1.93 bits per heavy atom. The second-order valence-corrected chi connectivity index (χ2v) is 11.0. The highest BCUT2D eigenvalue weighted by molar-refractivity contribution is 7.21. The lowest BCUT2D eigenvalue weighted by Crippen LogP contribution is -2.35. The molecule has 0 radical (unpaired) electrons. The van der Waals surface area contributed by atoms with Gasteiger partial charge in [0.1, 0.15) is 33.9 Å². The third-order valence-corrected chi connectivity index (χ3v) is 8.16. The number of thiazole rings is 1. The molecule has 1 aromatic carbocycles. The number of fused-ring (bicyclic) bond motifs is 1. The highest BCUT2D eigenvalue weighted by atomic mass is 32.1. The molecule has 0 saturated heterocycles. The number of hydrogen-bond donors (Lipinski definition) is 5. The van der Waals surface area contributed by atoms with Crippen molar-refractivity contribution in [3.63, 3.8) is 0 Å². The Morgan fingerprint density at radius 3 is 2.60 bits per heavy atom. The van der Waals surface area contributed by atoms with Crippen LogP contribution >= 0.6 is 11.3 Å². The second-order valence-electron chi connectivity index (χ2n) is 9.95. The van der Waals surface area contributed by atoms with Crippen LogP contribution in [0.25, 0.3) is 20.8 Å². The third-order valence-electron chi connectivity index (χ3n) is 7.10. The summed E-state index contributed by atoms with van der Waals surface area (Å²) in [5, 5.41) is 37.7. The fourth-order valence-electron chi connectivity index (χ4n) is 5.03. The smallest absolute Gasteiger partial charge is 0.496 e. The van der Waals surface area contributed by atoms with Crippen LogP contribution in [0.4, 0.5) is 24.9 Å². The Bertz CT molecular complexity index is 1540. The number of pyridine rings is 1. The molecule has 0 aliphatic heterocycles. The van der Waals surface area contributed by atoms with Crippen LogP contribution in [0.5, 0.6) is 11.5 Å². The molecule has 0 spiro atoms. The molecule has 224 valence electrons. The zero-order chi connectivity index (χ0) is 30.2. The minimum atomic E-state index is -4.84. The summed E-state index contributed by atoms with van der Waals surface area (Å²) in [5.74, 6) is -0.211. The summed E-state index contributed by atoms with van der Waals surface area (Å²) >= 11 is 1.42. The van der Waals surface area contributed by atoms with Gasteiger partial charge in [-0.05, 0) is 38.5 Å². The monoisotopic (exact) mass is 606 g/mol. The molecular formula is C27H29F3N6O5S. The molecule has 5 rings (SSSR count). The van der Waals surface area contributed by atoms with E-state index in [-0.39, 0.29) is 18.3 Å². The molecule has 3 heterocycles. The standard InChI is InChI=1S/C27H29F3N6O5S/c1-12(16-5-4-15(9-19(16)40-3)41-27(28,29)30)32-26-33-13(2)21(25-35-18-10-31-7-6-20(18)42-25)24(36-26)34-17-8-14(11-37)22(38)23(17)39/h4-7,9-10,12,14,17,22-23,37-39H,8,11H2,1-3H3,(H2,32,33,34,36)/t12-,14-,17-,22-,23+/m1/s1. The third kappa shape index (κ3) is 6.18. The topological polar surface area (TPSA) is 155 Å². The Labute approximate surface area is 242 Å². The van der Waals surface area contributed by atoms with Gasteiger partial charge in [0.05, 0.1) is 47.5 Å². The number of nitrogens with zero attached hydrogens (tertiary/aromatic N) is 4. The molecule has 3 aromatic heterocycles. The quantitative estimate of drug-likeness (QED) is 0.187. The number of alkyl halides is 3. The van der Waals surface area contributed by atoms with Gasteiger partial charge in [0.15, 0.2) is 0 Å². The Kier molecular flexibility index (Phi) is 8.37. The van der Waals surface area contributed by atoms with Crippen LogP contribution in [0.15, 0.2) is 36.7 Å². The Hall–Kier alpha value is -3.79. The van der Waals surface area contributed by atoms with E-state index in [9.17, 15) is 28.5 Å². The lowest BCUT2D eigenvalue weighted by molar-refractivity contribution is -0.274. The van der Waals surface area contributed by atoms with Crippen molar-refractivity contribution in [2.45, 2.75) is 50.9 Å². The zero-order valence-corrected chi connectivity index (χ0v) is 23.6. The average Bonchev–Trinajstić information content (AvgIpc) is 3.47. The summed E-state index contributed by atoms with van der Waals surface area (Å²) in [6, 6.07) is 4.52. The lowest BCUT2D eigenvalue weighted by Gasteiger charge is -2.23. The number of aromatic nitrogens is 4. The SMILES string of the molecule is COc1cc(OC(F)(F)F)ccc1[C@@H](C)Nc1nc(C)c(-c2nc3cnccc3s2)c(N[C@@H]2C[C@H](CO)[C@@H](O)[C@H]2O)n1. The number of anilines is 2. The molecule has 5 atom stereocenters. The van der Waals surface area contributed by atoms with E-state index < -0.39 is 42.3 Å². The van der Waals surface area contributed by atoms with Gasteiger partial charge in [0, 0.05) is 30.4 Å². The molecule has 1 aliphatic rings. The fraction of sp³-hybridized carbons (Fsp3) is 0.407. The van der Waals surface area contributed by atoms with Gasteiger partial charge in [-0.25, -0.2) is 9.97 Å². The first-order valence-electron chi connectivity index (χ1n) is 13.0. The van der Waals surface area contributed by atoms with E-state index in [1.807, 2.05) is 6.07 Å². The van der Waals surface area contributed by atoms with Crippen molar-refractivity contribution in [3.05, 3.63) is 47.9 Å². The molecular weight excluding hydrogens is 577 g/mol. The zero-order valence-electron chi connectivity index (χ0n) is 22.8. The van der Waals surface area contributed by atoms with Gasteiger partial charge in [-0.1, -0.05) is 0 Å². The summed E-state index contributed by atoms with van der Waals surface area (Å²) in [6.07, 6.45) is -3.48. The predicted molar refractivity (Wildman–Crippen MR) is 150 cm³/mol. The summed E-state index contributed by atoms with van der Waals surface area (Å²) in [5.41, 5.74) is 2.38. The van der Waals surface area contributed by atoms with E-state index in [2.05, 4.69) is 30.3 Å². The maximum absolute atomic E-state index is 12.7. The minimum Gasteiger partial charge on any atom is -0.496 e. The molecule has 1 saturated carbocycles. The van der Waals surface area contributed by atoms with E-state index in [1.54, 1.807) is 26.2 Å². The molecule has 0 amide bonds. The van der Waals surface area contributed by atoms with Crippen LogP contribution in [0.2, 0.25) is 0 Å². The molecule has 0 bridgehead atoms. The van der Waals surface area contributed by atoms with Crippen LogP contribution in [-0.2, 0) is 0 Å². The Balaban J connectivity index is 1.50. The maximum atomic E-state index is 12.7. The van der Waals surface area contributed by atoms with Gasteiger partial charge in [-0.3, -0.25) is 4.98 Å². The van der Waals surface area contributed by atoms with Gasteiger partial charge >= 0.3 is 6.36 Å². The van der Waals surface area contributed by atoms with Crippen molar-refractivity contribution in [1.29, 1.82) is 0 Å². The van der Waals surface area contributed by atoms with Gasteiger partial charge in [-0.15, -0.1) is 24.5 Å². The molecule has 42 heavy (non-hydrogen) atoms. The van der Waals surface area contributed by atoms with Crippen molar-refractivity contribution < 1.29 is 38.0 Å². The van der Waals surface area contributed by atoms with Crippen LogP contribution in [-0.4, -0.2) is 73.6 Å². The van der Waals surface area contributed by atoms with Crippen LogP contribution in [0, 0.1) is 12.8 Å². The van der Waals surface area contributed by atoms with E-state index in [0.29, 0.717) is 39.6 Å². The lowest BCUT2D eigenvalue weighted by atomic mass is 10.1. The van der Waals surface area contributed by atoms with Crippen molar-refractivity contribution in [2.75, 3.05) is 24.4 Å². The second kappa shape index (κ2) is 11.8. The number of aliphatic hydroxyl groups excluding tert-OH is 3. The number of halogens is 3. The number of ether oxygens (including phenoxy) is 2. The highest BCUT2D eigenvalue weighted by Gasteiger charge is 2.41. The normalized spacial score (nSPS) is 21.4. The number of benzene rings is 1. The number of aliphatic hydroxyl groups is 3. The highest BCUT2D eigenvalue weighted by Crippen LogP contribution is 2.39. The molecule has 1 fully saturated rings. The fourth-order valence-corrected chi connectivity index (χ4v) is 6.06. The van der Waals surface area contributed by atoms with E-state index >= 15 is 0 Å². The van der Waals surface area contributed by atoms with Gasteiger partial charge < -0.3 is 35.4 Å². The van der Waals surface area contributed by atoms with Crippen LogP contribution < -0.4 is 20.1 Å². The van der Waals surface area contributed by atoms with Gasteiger partial charge in [-0.2, -0.15) is 4.98 Å². The summed E-state index contributed by atoms with van der Waals surface area (Å²) in [4.78, 5) is 18.1. The minimum absolute atomic E-state index is 0.171. The van der Waals surface area contributed by atoms with Crippen molar-refractivity contribution >= 4 is 33.3 Å². The number of rotatable bonds is 9. The molecule has 4 aromatic rings. The molecule has 5 N–H and O–H groups in total. The van der Waals surface area contributed by atoms with Crippen molar-refractivity contribution in [3.8, 4) is 22.1 Å². The van der Waals surface area contributed by atoms with E-state index in [0.717, 1.165) is 10.8 Å². The van der Waals surface area contributed by atoms with Crippen molar-refractivity contribution in [2.24, 2.45) is 5.92 Å². The molecule has 11 nitrogen and oxygen atoms in total. The Morgan fingerprint density at radius 1 is 1.14 bits per heavy atom. The first kappa shape index (κ1) is 29.7.